The second-order valence-corrected chi connectivity index (χ2v) is 6.70. The molecule has 7 nitrogen and oxygen atoms in total. The number of ether oxygens (including phenoxy) is 2. The van der Waals surface area contributed by atoms with E-state index in [1.807, 2.05) is 19.1 Å². The number of aliphatic hydroxyl groups is 1. The van der Waals surface area contributed by atoms with Crippen molar-refractivity contribution < 1.29 is 29.0 Å². The normalized spacial score (nSPS) is 24.2. The van der Waals surface area contributed by atoms with Gasteiger partial charge in [-0.25, -0.2) is 4.79 Å². The molecule has 0 bridgehead atoms. The third kappa shape index (κ3) is 5.50. The van der Waals surface area contributed by atoms with Crippen LogP contribution in [0.4, 0.5) is 0 Å². The first-order valence-electron chi connectivity index (χ1n) is 9.08. The predicted octanol–water partition coefficient (Wildman–Crippen LogP) is 1.91. The highest BCUT2D eigenvalue weighted by molar-refractivity contribution is 6.19. The summed E-state index contributed by atoms with van der Waals surface area (Å²) in [6.07, 6.45) is 8.27. The Morgan fingerprint density at radius 3 is 2.39 bits per heavy atom. The van der Waals surface area contributed by atoms with E-state index in [9.17, 15) is 19.5 Å². The van der Waals surface area contributed by atoms with E-state index in [0.717, 1.165) is 5.57 Å². The van der Waals surface area contributed by atoms with Crippen LogP contribution in [0.15, 0.2) is 47.1 Å². The maximum absolute atomic E-state index is 12.5. The molecule has 0 aliphatic carbocycles. The Morgan fingerprint density at radius 2 is 1.93 bits per heavy atom. The first-order valence-corrected chi connectivity index (χ1v) is 9.08. The molecule has 1 aliphatic heterocycles. The van der Waals surface area contributed by atoms with Crippen molar-refractivity contribution >= 4 is 17.7 Å². The van der Waals surface area contributed by atoms with E-state index in [1.54, 1.807) is 32.1 Å². The van der Waals surface area contributed by atoms with Crippen LogP contribution < -0.4 is 5.73 Å². The zero-order valence-corrected chi connectivity index (χ0v) is 17.0. The Kier molecular flexibility index (Phi) is 8.53. The number of rotatable bonds is 10. The van der Waals surface area contributed by atoms with Crippen LogP contribution in [-0.4, -0.2) is 47.7 Å². The SMILES string of the molecule is C\C=C(/C=C(C)/C=C/CC/C=C(\C)C(=O)[C@]1(C(N)=O)O[C@H]1[C@H](C)O)C(=O)OC. The molecule has 1 saturated heterocycles. The molecule has 0 aromatic heterocycles. The molecule has 1 amide bonds. The van der Waals surface area contributed by atoms with Gasteiger partial charge >= 0.3 is 5.97 Å². The number of nitrogens with two attached hydrogens (primary N) is 1. The summed E-state index contributed by atoms with van der Waals surface area (Å²) in [4.78, 5) is 35.7. The van der Waals surface area contributed by atoms with Gasteiger partial charge in [0.2, 0.25) is 11.4 Å². The number of ketones is 1. The highest BCUT2D eigenvalue weighted by Crippen LogP contribution is 2.41. The van der Waals surface area contributed by atoms with E-state index in [0.29, 0.717) is 24.0 Å². The molecule has 154 valence electrons. The van der Waals surface area contributed by atoms with Crippen LogP contribution in [0.1, 0.15) is 40.5 Å². The van der Waals surface area contributed by atoms with Gasteiger partial charge in [-0.15, -0.1) is 0 Å². The molecule has 0 aromatic carbocycles. The molecule has 7 heteroatoms. The quantitative estimate of drug-likeness (QED) is 0.147. The number of aliphatic hydroxyl groups excluding tert-OH is 1. The molecule has 28 heavy (non-hydrogen) atoms. The molecule has 0 spiro atoms. The monoisotopic (exact) mass is 391 g/mol. The van der Waals surface area contributed by atoms with Crippen molar-refractivity contribution in [2.75, 3.05) is 7.11 Å². The molecule has 1 rings (SSSR count). The predicted molar refractivity (Wildman–Crippen MR) is 105 cm³/mol. The molecule has 1 aliphatic rings. The number of esters is 1. The van der Waals surface area contributed by atoms with Crippen molar-refractivity contribution in [2.24, 2.45) is 5.73 Å². The number of primary amides is 1. The van der Waals surface area contributed by atoms with E-state index in [1.165, 1.54) is 14.0 Å². The number of amides is 1. The Hall–Kier alpha value is -2.51. The molecule has 1 heterocycles. The topological polar surface area (TPSA) is 119 Å². The summed E-state index contributed by atoms with van der Waals surface area (Å²) < 4.78 is 9.86. The van der Waals surface area contributed by atoms with Crippen molar-refractivity contribution in [3.63, 3.8) is 0 Å². The standard InChI is InChI=1S/C21H29NO6/c1-6-16(19(25)27-5)12-13(2)10-8-7-9-11-14(3)17(24)21(20(22)26)18(28-21)15(4)23/h6,8,10-12,15,18,23H,7,9H2,1-5H3,(H2,22,26)/b10-8+,13-12+,14-11+,16-6+/t15-,18-,21-/m0/s1. The fourth-order valence-corrected chi connectivity index (χ4v) is 2.82. The van der Waals surface area contributed by atoms with Gasteiger partial charge in [-0.2, -0.15) is 0 Å². The molecule has 1 fully saturated rings. The van der Waals surface area contributed by atoms with Crippen molar-refractivity contribution in [1.29, 1.82) is 0 Å². The van der Waals surface area contributed by atoms with Crippen LogP contribution in [0, 0.1) is 0 Å². The minimum absolute atomic E-state index is 0.365. The zero-order valence-electron chi connectivity index (χ0n) is 17.0. The van der Waals surface area contributed by atoms with E-state index in [2.05, 4.69) is 0 Å². The zero-order chi connectivity index (χ0) is 21.5. The lowest BCUT2D eigenvalue weighted by Gasteiger charge is -2.09. The van der Waals surface area contributed by atoms with Gasteiger partial charge in [0.1, 0.15) is 6.10 Å². The molecule has 0 saturated carbocycles. The van der Waals surface area contributed by atoms with Gasteiger partial charge in [-0.05, 0) is 52.2 Å². The lowest BCUT2D eigenvalue weighted by atomic mass is 9.91. The molecule has 3 N–H and O–H groups in total. The first kappa shape index (κ1) is 23.5. The van der Waals surface area contributed by atoms with Crippen LogP contribution >= 0.6 is 0 Å². The Morgan fingerprint density at radius 1 is 1.29 bits per heavy atom. The van der Waals surface area contributed by atoms with Crippen molar-refractivity contribution in [3.05, 3.63) is 47.1 Å². The maximum Gasteiger partial charge on any atom is 0.337 e. The number of hydrogen-bond acceptors (Lipinski definition) is 6. The summed E-state index contributed by atoms with van der Waals surface area (Å²) in [5.41, 5.74) is 5.29. The van der Waals surface area contributed by atoms with Crippen LogP contribution in [0.3, 0.4) is 0 Å². The molecule has 0 unspecified atom stereocenters. The average Bonchev–Trinajstić information content (AvgIpc) is 3.41. The molecule has 0 radical (unpaired) electrons. The number of hydrogen-bond donors (Lipinski definition) is 2. The number of allylic oxidation sites excluding steroid dienone is 5. The lowest BCUT2D eigenvalue weighted by Crippen LogP contribution is -2.44. The number of carbonyl (C=O) groups is 3. The van der Waals surface area contributed by atoms with Crippen LogP contribution in [-0.2, 0) is 23.9 Å². The summed E-state index contributed by atoms with van der Waals surface area (Å²) >= 11 is 0. The number of methoxy groups -OCH3 is 1. The highest BCUT2D eigenvalue weighted by atomic mass is 16.6. The smallest absolute Gasteiger partial charge is 0.337 e. The Bertz CT molecular complexity index is 744. The van der Waals surface area contributed by atoms with E-state index >= 15 is 0 Å². The molecule has 3 atom stereocenters. The minimum Gasteiger partial charge on any atom is -0.465 e. The van der Waals surface area contributed by atoms with Crippen molar-refractivity contribution in [2.45, 2.75) is 58.3 Å². The van der Waals surface area contributed by atoms with Gasteiger partial charge < -0.3 is 20.3 Å². The second-order valence-electron chi connectivity index (χ2n) is 6.70. The largest absolute Gasteiger partial charge is 0.465 e. The third-order valence-electron chi connectivity index (χ3n) is 4.44. The van der Waals surface area contributed by atoms with Gasteiger partial charge in [0.15, 0.2) is 0 Å². The van der Waals surface area contributed by atoms with E-state index < -0.39 is 35.5 Å². The number of carbonyl (C=O) groups excluding carboxylic acids is 3. The Balaban J connectivity index is 2.65. The van der Waals surface area contributed by atoms with Crippen LogP contribution in [0.25, 0.3) is 0 Å². The molecule has 0 aromatic rings. The summed E-state index contributed by atoms with van der Waals surface area (Å²) in [6, 6.07) is 0. The number of Topliss-reactive ketones (excluding diaryl/α,β-unsaturated/α-hetero) is 1. The Labute approximate surface area is 165 Å². The van der Waals surface area contributed by atoms with Gasteiger partial charge in [0.05, 0.1) is 18.8 Å². The fraction of sp³-hybridized carbons (Fsp3) is 0.476. The van der Waals surface area contributed by atoms with Gasteiger partial charge in [-0.3, -0.25) is 9.59 Å². The molecular formula is C21H29NO6. The van der Waals surface area contributed by atoms with Gasteiger partial charge in [0, 0.05) is 0 Å². The summed E-state index contributed by atoms with van der Waals surface area (Å²) in [5, 5.41) is 9.58. The van der Waals surface area contributed by atoms with E-state index in [4.69, 9.17) is 15.2 Å². The lowest BCUT2D eigenvalue weighted by molar-refractivity contribution is -0.136. The maximum atomic E-state index is 12.5. The van der Waals surface area contributed by atoms with Gasteiger partial charge in [0.25, 0.3) is 5.91 Å². The average molecular weight is 391 g/mol. The number of epoxide rings is 1. The first-order chi connectivity index (χ1) is 13.1. The van der Waals surface area contributed by atoms with Crippen LogP contribution in [0.2, 0.25) is 0 Å². The fourth-order valence-electron chi connectivity index (χ4n) is 2.82. The van der Waals surface area contributed by atoms with E-state index in [-0.39, 0.29) is 0 Å². The number of unbranched alkanes of at least 4 members (excludes halogenated alkanes) is 1. The minimum atomic E-state index is -1.75. The second kappa shape index (κ2) is 10.1. The van der Waals surface area contributed by atoms with Crippen LogP contribution in [0.5, 0.6) is 0 Å². The summed E-state index contributed by atoms with van der Waals surface area (Å²) in [6.45, 7) is 6.67. The third-order valence-corrected chi connectivity index (χ3v) is 4.44. The summed E-state index contributed by atoms with van der Waals surface area (Å²) in [5.74, 6) is -1.79. The van der Waals surface area contributed by atoms with Crippen molar-refractivity contribution in [3.8, 4) is 0 Å². The van der Waals surface area contributed by atoms with Gasteiger partial charge in [-0.1, -0.05) is 29.9 Å². The highest BCUT2D eigenvalue weighted by Gasteiger charge is 2.69. The van der Waals surface area contributed by atoms with Crippen molar-refractivity contribution in [1.82, 2.24) is 0 Å². The summed E-state index contributed by atoms with van der Waals surface area (Å²) in [7, 11) is 1.33. The molecular weight excluding hydrogens is 362 g/mol.